The molecule has 0 fully saturated rings. The van der Waals surface area contributed by atoms with Crippen LogP contribution in [0.25, 0.3) is 0 Å². The Kier molecular flexibility index (Phi) is 2.10. The first-order chi connectivity index (χ1) is 5.20. The second-order valence-electron chi connectivity index (χ2n) is 2.10. The topological polar surface area (TPSA) is 75.1 Å². The standard InChI is InChI=1S/C6H8N2O3/c9-5-1-3-7-8(5)4-2-6(10)11/h1,3,7H,2,4H2,(H,10,11). The SMILES string of the molecule is O=C(O)CCn1[nH]ccc1=O. The summed E-state index contributed by atoms with van der Waals surface area (Å²) in [4.78, 5) is 20.8. The third kappa shape index (κ3) is 1.96. The van der Waals surface area contributed by atoms with Crippen molar-refractivity contribution in [3.63, 3.8) is 0 Å². The van der Waals surface area contributed by atoms with Crippen molar-refractivity contribution in [2.75, 3.05) is 0 Å². The zero-order valence-corrected chi connectivity index (χ0v) is 5.78. The fourth-order valence-electron chi connectivity index (χ4n) is 0.734. The molecule has 0 aliphatic rings. The molecule has 11 heavy (non-hydrogen) atoms. The number of nitrogens with one attached hydrogen (secondary N) is 1. The summed E-state index contributed by atoms with van der Waals surface area (Å²) in [6, 6.07) is 1.35. The van der Waals surface area contributed by atoms with E-state index >= 15 is 0 Å². The fourth-order valence-corrected chi connectivity index (χ4v) is 0.734. The smallest absolute Gasteiger partial charge is 0.305 e. The molecule has 2 N–H and O–H groups in total. The molecule has 0 unspecified atom stereocenters. The van der Waals surface area contributed by atoms with E-state index in [9.17, 15) is 9.59 Å². The van der Waals surface area contributed by atoms with Crippen LogP contribution < -0.4 is 5.56 Å². The van der Waals surface area contributed by atoms with E-state index < -0.39 is 5.97 Å². The second kappa shape index (κ2) is 3.05. The molecule has 60 valence electrons. The number of nitrogens with zero attached hydrogens (tertiary/aromatic N) is 1. The Balaban J connectivity index is 2.58. The number of carboxylic acid groups (broad SMARTS) is 1. The van der Waals surface area contributed by atoms with Crippen molar-refractivity contribution in [2.24, 2.45) is 0 Å². The zero-order chi connectivity index (χ0) is 8.27. The first-order valence-electron chi connectivity index (χ1n) is 3.16. The van der Waals surface area contributed by atoms with Gasteiger partial charge in [-0.3, -0.25) is 14.3 Å². The van der Waals surface area contributed by atoms with Gasteiger partial charge in [-0.15, -0.1) is 0 Å². The van der Waals surface area contributed by atoms with Gasteiger partial charge in [0.1, 0.15) is 0 Å². The van der Waals surface area contributed by atoms with Gasteiger partial charge in [0, 0.05) is 12.3 Å². The molecule has 0 saturated carbocycles. The Morgan fingerprint density at radius 2 is 2.45 bits per heavy atom. The van der Waals surface area contributed by atoms with Crippen LogP contribution in [0.5, 0.6) is 0 Å². The van der Waals surface area contributed by atoms with Crippen molar-refractivity contribution in [3.05, 3.63) is 22.6 Å². The van der Waals surface area contributed by atoms with Gasteiger partial charge in [0.25, 0.3) is 5.56 Å². The Labute approximate surface area is 62.3 Å². The van der Waals surface area contributed by atoms with E-state index in [1.807, 2.05) is 0 Å². The molecule has 1 rings (SSSR count). The molecular formula is C6H8N2O3. The molecule has 0 aromatic carbocycles. The lowest BCUT2D eigenvalue weighted by atomic mass is 10.4. The molecule has 0 spiro atoms. The van der Waals surface area contributed by atoms with Gasteiger partial charge in [-0.05, 0) is 0 Å². The van der Waals surface area contributed by atoms with Crippen LogP contribution in [0.4, 0.5) is 0 Å². The van der Waals surface area contributed by atoms with Crippen LogP contribution >= 0.6 is 0 Å². The average molecular weight is 156 g/mol. The van der Waals surface area contributed by atoms with Gasteiger partial charge in [-0.2, -0.15) is 0 Å². The van der Waals surface area contributed by atoms with Crippen LogP contribution in [0.3, 0.4) is 0 Å². The highest BCUT2D eigenvalue weighted by atomic mass is 16.4. The number of aliphatic carboxylic acids is 1. The monoisotopic (exact) mass is 156 g/mol. The van der Waals surface area contributed by atoms with Crippen LogP contribution in [0.15, 0.2) is 17.1 Å². The third-order valence-electron chi connectivity index (χ3n) is 1.27. The minimum Gasteiger partial charge on any atom is -0.481 e. The van der Waals surface area contributed by atoms with E-state index in [1.165, 1.54) is 16.9 Å². The molecule has 1 aromatic rings. The maximum Gasteiger partial charge on any atom is 0.305 e. The van der Waals surface area contributed by atoms with Gasteiger partial charge in [0.05, 0.1) is 13.0 Å². The molecule has 0 amide bonds. The van der Waals surface area contributed by atoms with Crippen molar-refractivity contribution < 1.29 is 9.90 Å². The number of aryl methyl sites for hydroxylation is 1. The predicted octanol–water partition coefficient (Wildman–Crippen LogP) is -0.349. The third-order valence-corrected chi connectivity index (χ3v) is 1.27. The van der Waals surface area contributed by atoms with Gasteiger partial charge in [-0.1, -0.05) is 0 Å². The quantitative estimate of drug-likeness (QED) is 0.628. The van der Waals surface area contributed by atoms with Gasteiger partial charge in [0.15, 0.2) is 0 Å². The van der Waals surface area contributed by atoms with E-state index in [-0.39, 0.29) is 18.5 Å². The lowest BCUT2D eigenvalue weighted by Gasteiger charge is -1.95. The summed E-state index contributed by atoms with van der Waals surface area (Å²) in [5.74, 6) is -0.911. The summed E-state index contributed by atoms with van der Waals surface area (Å²) in [6.45, 7) is 0.196. The van der Waals surface area contributed by atoms with E-state index in [0.29, 0.717) is 0 Å². The molecule has 5 heteroatoms. The van der Waals surface area contributed by atoms with Crippen LogP contribution in [-0.4, -0.2) is 20.9 Å². The van der Waals surface area contributed by atoms with E-state index in [1.54, 1.807) is 0 Å². The highest BCUT2D eigenvalue weighted by Gasteiger charge is 1.99. The first kappa shape index (κ1) is 7.59. The Bertz CT molecular complexity index is 299. The van der Waals surface area contributed by atoms with Crippen LogP contribution in [0.2, 0.25) is 0 Å². The van der Waals surface area contributed by atoms with Gasteiger partial charge in [0.2, 0.25) is 0 Å². The number of hydrogen-bond acceptors (Lipinski definition) is 2. The fraction of sp³-hybridized carbons (Fsp3) is 0.333. The van der Waals surface area contributed by atoms with Crippen LogP contribution in [0, 0.1) is 0 Å². The number of carboxylic acids is 1. The number of rotatable bonds is 3. The first-order valence-corrected chi connectivity index (χ1v) is 3.16. The van der Waals surface area contributed by atoms with Crippen molar-refractivity contribution in [2.45, 2.75) is 13.0 Å². The van der Waals surface area contributed by atoms with Crippen LogP contribution in [-0.2, 0) is 11.3 Å². The molecule has 5 nitrogen and oxygen atoms in total. The maximum absolute atomic E-state index is 10.8. The number of carbonyl (C=O) groups is 1. The minimum absolute atomic E-state index is 0.0413. The summed E-state index contributed by atoms with van der Waals surface area (Å²) >= 11 is 0. The molecule has 0 bridgehead atoms. The molecular weight excluding hydrogens is 148 g/mol. The van der Waals surface area contributed by atoms with Crippen molar-refractivity contribution in [1.82, 2.24) is 9.78 Å². The lowest BCUT2D eigenvalue weighted by Crippen LogP contribution is -2.17. The molecule has 0 saturated heterocycles. The lowest BCUT2D eigenvalue weighted by molar-refractivity contribution is -0.137. The number of H-pyrrole nitrogens is 1. The Hall–Kier alpha value is -1.52. The molecule has 0 aliphatic carbocycles. The largest absolute Gasteiger partial charge is 0.481 e. The number of aromatic amines is 1. The summed E-state index contributed by atoms with van der Waals surface area (Å²) in [5.41, 5.74) is -0.203. The Morgan fingerprint density at radius 3 is 2.91 bits per heavy atom. The van der Waals surface area contributed by atoms with Crippen LogP contribution in [0.1, 0.15) is 6.42 Å². The maximum atomic E-state index is 10.8. The highest BCUT2D eigenvalue weighted by molar-refractivity contribution is 5.66. The second-order valence-corrected chi connectivity index (χ2v) is 2.10. The van der Waals surface area contributed by atoms with E-state index in [4.69, 9.17) is 5.11 Å². The van der Waals surface area contributed by atoms with E-state index in [0.717, 1.165) is 0 Å². The van der Waals surface area contributed by atoms with Gasteiger partial charge >= 0.3 is 5.97 Å². The Morgan fingerprint density at radius 1 is 1.73 bits per heavy atom. The molecule has 0 aliphatic heterocycles. The van der Waals surface area contributed by atoms with Crippen molar-refractivity contribution in [1.29, 1.82) is 0 Å². The summed E-state index contributed by atoms with van der Waals surface area (Å²) < 4.78 is 1.24. The molecule has 1 aromatic heterocycles. The number of aromatic nitrogens is 2. The average Bonchev–Trinajstić information content (AvgIpc) is 2.31. The molecule has 0 atom stereocenters. The normalized spacial score (nSPS) is 9.82. The minimum atomic E-state index is -0.911. The van der Waals surface area contributed by atoms with Gasteiger partial charge < -0.3 is 10.2 Å². The summed E-state index contributed by atoms with van der Waals surface area (Å²) in [5, 5.41) is 10.9. The van der Waals surface area contributed by atoms with E-state index in [2.05, 4.69) is 5.10 Å². The molecule has 1 heterocycles. The zero-order valence-electron chi connectivity index (χ0n) is 5.78. The van der Waals surface area contributed by atoms with Gasteiger partial charge in [-0.25, -0.2) is 0 Å². The predicted molar refractivity (Wildman–Crippen MR) is 37.3 cm³/mol. The summed E-state index contributed by atoms with van der Waals surface area (Å²) in [6.07, 6.45) is 1.44. The molecule has 0 radical (unpaired) electrons. The van der Waals surface area contributed by atoms with Crippen molar-refractivity contribution >= 4 is 5.97 Å². The number of hydrogen-bond donors (Lipinski definition) is 2. The summed E-state index contributed by atoms with van der Waals surface area (Å²) in [7, 11) is 0. The van der Waals surface area contributed by atoms with Crippen molar-refractivity contribution in [3.8, 4) is 0 Å². The highest BCUT2D eigenvalue weighted by Crippen LogP contribution is 1.83.